The van der Waals surface area contributed by atoms with Gasteiger partial charge in [-0.2, -0.15) is 0 Å². The number of carbonyl (C=O) groups excluding carboxylic acids is 3. The van der Waals surface area contributed by atoms with Crippen LogP contribution in [-0.4, -0.2) is 29.7 Å². The molecule has 8 heteroatoms. The van der Waals surface area contributed by atoms with Gasteiger partial charge in [0.05, 0.1) is 5.57 Å². The van der Waals surface area contributed by atoms with E-state index in [-0.39, 0.29) is 17.2 Å². The Morgan fingerprint density at radius 3 is 2.06 bits per heavy atom. The van der Waals surface area contributed by atoms with Crippen molar-refractivity contribution < 1.29 is 18.8 Å². The molecule has 0 saturated carbocycles. The Morgan fingerprint density at radius 2 is 1.44 bits per heavy atom. The number of imide groups is 1. The number of amides is 3. The van der Waals surface area contributed by atoms with E-state index in [1.165, 1.54) is 31.3 Å². The van der Waals surface area contributed by atoms with Gasteiger partial charge in [0.25, 0.3) is 17.7 Å². The highest BCUT2D eigenvalue weighted by atomic mass is 35.5. The summed E-state index contributed by atoms with van der Waals surface area (Å²) in [6, 6.07) is 18.5. The van der Waals surface area contributed by atoms with Crippen LogP contribution in [0.2, 0.25) is 5.02 Å². The van der Waals surface area contributed by atoms with Gasteiger partial charge in [0.1, 0.15) is 11.5 Å². The summed E-state index contributed by atoms with van der Waals surface area (Å²) in [7, 11) is 1.41. The minimum absolute atomic E-state index is 0.142. The van der Waals surface area contributed by atoms with Crippen molar-refractivity contribution in [2.75, 3.05) is 17.7 Å². The van der Waals surface area contributed by atoms with Crippen LogP contribution < -0.4 is 10.6 Å². The average Bonchev–Trinajstić information content (AvgIpc) is 3.00. The van der Waals surface area contributed by atoms with Crippen LogP contribution in [0.3, 0.4) is 0 Å². The first-order valence-corrected chi connectivity index (χ1v) is 9.98. The topological polar surface area (TPSA) is 78.5 Å². The predicted molar refractivity (Wildman–Crippen MR) is 121 cm³/mol. The molecule has 4 rings (SSSR count). The Hall–Kier alpha value is -3.97. The van der Waals surface area contributed by atoms with Crippen LogP contribution in [0.25, 0.3) is 5.57 Å². The first kappa shape index (κ1) is 21.3. The summed E-state index contributed by atoms with van der Waals surface area (Å²) in [6.45, 7) is 0. The highest BCUT2D eigenvalue weighted by Gasteiger charge is 2.36. The maximum atomic E-state index is 13.0. The molecule has 2 N–H and O–H groups in total. The van der Waals surface area contributed by atoms with E-state index in [1.54, 1.807) is 48.5 Å². The Bertz CT molecular complexity index is 1240. The van der Waals surface area contributed by atoms with Gasteiger partial charge in [-0.1, -0.05) is 23.7 Å². The summed E-state index contributed by atoms with van der Waals surface area (Å²) in [6.07, 6.45) is 0. The number of nitrogens with one attached hydrogen (secondary N) is 2. The van der Waals surface area contributed by atoms with E-state index in [0.717, 1.165) is 4.90 Å². The van der Waals surface area contributed by atoms with E-state index in [0.29, 0.717) is 27.5 Å². The molecule has 1 aliphatic heterocycles. The summed E-state index contributed by atoms with van der Waals surface area (Å²) >= 11 is 5.93. The van der Waals surface area contributed by atoms with Gasteiger partial charge in [0.2, 0.25) is 0 Å². The quantitative estimate of drug-likeness (QED) is 0.560. The van der Waals surface area contributed by atoms with Gasteiger partial charge in [-0.25, -0.2) is 4.39 Å². The van der Waals surface area contributed by atoms with Crippen LogP contribution in [-0.2, 0) is 9.59 Å². The van der Waals surface area contributed by atoms with Gasteiger partial charge < -0.3 is 10.6 Å². The first-order valence-electron chi connectivity index (χ1n) is 9.60. The number of halogens is 2. The zero-order valence-electron chi connectivity index (χ0n) is 16.9. The van der Waals surface area contributed by atoms with Crippen molar-refractivity contribution in [2.24, 2.45) is 0 Å². The highest BCUT2D eigenvalue weighted by Crippen LogP contribution is 2.30. The molecule has 1 heterocycles. The second kappa shape index (κ2) is 8.64. The van der Waals surface area contributed by atoms with Crippen molar-refractivity contribution in [1.29, 1.82) is 0 Å². The van der Waals surface area contributed by atoms with Crippen LogP contribution in [0.5, 0.6) is 0 Å². The number of benzene rings is 3. The minimum atomic E-state index is -0.460. The van der Waals surface area contributed by atoms with Crippen molar-refractivity contribution in [3.8, 4) is 0 Å². The molecule has 1 aliphatic rings. The van der Waals surface area contributed by atoms with E-state index in [2.05, 4.69) is 10.6 Å². The molecule has 3 aromatic carbocycles. The standard InChI is InChI=1S/C24H17ClFN3O3/c1-29-23(31)20(14-2-6-16(25)7-3-14)21(24(29)32)27-18-10-4-15(5-11-18)22(30)28-19-12-8-17(26)9-13-19/h2-13,27H,1H3,(H,28,30). The summed E-state index contributed by atoms with van der Waals surface area (Å²) in [5.41, 5.74) is 2.32. The van der Waals surface area contributed by atoms with Crippen molar-refractivity contribution in [3.63, 3.8) is 0 Å². The molecule has 0 saturated heterocycles. The van der Waals surface area contributed by atoms with Gasteiger partial charge in [0.15, 0.2) is 0 Å². The summed E-state index contributed by atoms with van der Waals surface area (Å²) in [5.74, 6) is -1.64. The number of carbonyl (C=O) groups is 3. The number of hydrogen-bond acceptors (Lipinski definition) is 4. The molecular weight excluding hydrogens is 433 g/mol. The molecule has 3 amide bonds. The summed E-state index contributed by atoms with van der Waals surface area (Å²) in [4.78, 5) is 38.7. The molecule has 0 spiro atoms. The molecular formula is C24H17ClFN3O3. The van der Waals surface area contributed by atoms with Crippen LogP contribution in [0.4, 0.5) is 15.8 Å². The maximum Gasteiger partial charge on any atom is 0.277 e. The van der Waals surface area contributed by atoms with Crippen molar-refractivity contribution in [1.82, 2.24) is 4.90 Å². The largest absolute Gasteiger partial charge is 0.350 e. The lowest BCUT2D eigenvalue weighted by Gasteiger charge is -2.10. The third-order valence-electron chi connectivity index (χ3n) is 4.94. The maximum absolute atomic E-state index is 13.0. The van der Waals surface area contributed by atoms with Crippen LogP contribution >= 0.6 is 11.6 Å². The van der Waals surface area contributed by atoms with Crippen LogP contribution in [0, 0.1) is 5.82 Å². The molecule has 3 aromatic rings. The number of anilines is 2. The van der Waals surface area contributed by atoms with E-state index in [4.69, 9.17) is 11.6 Å². The molecule has 0 unspecified atom stereocenters. The fourth-order valence-corrected chi connectivity index (χ4v) is 3.35. The number of hydrogen-bond donors (Lipinski definition) is 2. The average molecular weight is 450 g/mol. The zero-order valence-corrected chi connectivity index (χ0v) is 17.6. The molecule has 0 bridgehead atoms. The predicted octanol–water partition coefficient (Wildman–Crippen LogP) is 4.55. The van der Waals surface area contributed by atoms with Crippen molar-refractivity contribution in [2.45, 2.75) is 0 Å². The minimum Gasteiger partial charge on any atom is -0.350 e. The third-order valence-corrected chi connectivity index (χ3v) is 5.19. The molecule has 0 atom stereocenters. The zero-order chi connectivity index (χ0) is 22.8. The molecule has 6 nitrogen and oxygen atoms in total. The van der Waals surface area contributed by atoms with Gasteiger partial charge in [-0.05, 0) is 66.2 Å². The first-order chi connectivity index (χ1) is 15.3. The molecule has 32 heavy (non-hydrogen) atoms. The number of likely N-dealkylation sites (N-methyl/N-ethyl adjacent to an activating group) is 1. The normalized spacial score (nSPS) is 13.5. The van der Waals surface area contributed by atoms with Gasteiger partial charge in [0, 0.05) is 29.0 Å². The lowest BCUT2D eigenvalue weighted by atomic mass is 10.0. The fourth-order valence-electron chi connectivity index (χ4n) is 3.23. The van der Waals surface area contributed by atoms with Gasteiger partial charge >= 0.3 is 0 Å². The summed E-state index contributed by atoms with van der Waals surface area (Å²) < 4.78 is 13.0. The second-order valence-corrected chi connectivity index (χ2v) is 7.53. The van der Waals surface area contributed by atoms with Crippen LogP contribution in [0.15, 0.2) is 78.5 Å². The number of nitrogens with zero attached hydrogens (tertiary/aromatic N) is 1. The fraction of sp³-hybridized carbons (Fsp3) is 0.0417. The SMILES string of the molecule is CN1C(=O)C(Nc2ccc(C(=O)Nc3ccc(F)cc3)cc2)=C(c2ccc(Cl)cc2)C1=O. The Balaban J connectivity index is 1.56. The van der Waals surface area contributed by atoms with E-state index < -0.39 is 17.6 Å². The molecule has 160 valence electrons. The highest BCUT2D eigenvalue weighted by molar-refractivity contribution is 6.36. The van der Waals surface area contributed by atoms with Gasteiger partial charge in [-0.15, -0.1) is 0 Å². The third kappa shape index (κ3) is 4.24. The Morgan fingerprint density at radius 1 is 0.844 bits per heavy atom. The van der Waals surface area contributed by atoms with Crippen molar-refractivity contribution in [3.05, 3.63) is 100 Å². The van der Waals surface area contributed by atoms with E-state index in [9.17, 15) is 18.8 Å². The monoisotopic (exact) mass is 449 g/mol. The smallest absolute Gasteiger partial charge is 0.277 e. The Labute approximate surface area is 188 Å². The van der Waals surface area contributed by atoms with E-state index >= 15 is 0 Å². The van der Waals surface area contributed by atoms with Crippen molar-refractivity contribution >= 4 is 46.3 Å². The number of rotatable bonds is 5. The Kier molecular flexibility index (Phi) is 5.75. The van der Waals surface area contributed by atoms with Gasteiger partial charge in [-0.3, -0.25) is 19.3 Å². The molecule has 0 aromatic heterocycles. The van der Waals surface area contributed by atoms with Crippen LogP contribution in [0.1, 0.15) is 15.9 Å². The molecule has 0 aliphatic carbocycles. The second-order valence-electron chi connectivity index (χ2n) is 7.09. The summed E-state index contributed by atoms with van der Waals surface area (Å²) in [5, 5.41) is 6.19. The lowest BCUT2D eigenvalue weighted by molar-refractivity contribution is -0.135. The van der Waals surface area contributed by atoms with E-state index in [1.807, 2.05) is 0 Å². The molecule has 0 fully saturated rings. The molecule has 0 radical (unpaired) electrons. The lowest BCUT2D eigenvalue weighted by Crippen LogP contribution is -2.27.